The van der Waals surface area contributed by atoms with Crippen molar-refractivity contribution in [1.82, 2.24) is 5.32 Å². The largest absolute Gasteiger partial charge is 0.489 e. The molecule has 0 aliphatic carbocycles. The van der Waals surface area contributed by atoms with Gasteiger partial charge in [0.15, 0.2) is 0 Å². The van der Waals surface area contributed by atoms with Crippen LogP contribution < -0.4 is 10.1 Å². The summed E-state index contributed by atoms with van der Waals surface area (Å²) in [6, 6.07) is 5.47. The third kappa shape index (κ3) is 2.77. The summed E-state index contributed by atoms with van der Waals surface area (Å²) in [7, 11) is 0. The molecule has 0 bridgehead atoms. The lowest BCUT2D eigenvalue weighted by Gasteiger charge is -2.24. The van der Waals surface area contributed by atoms with Crippen LogP contribution in [0.5, 0.6) is 5.75 Å². The molecule has 1 N–H and O–H groups in total. The van der Waals surface area contributed by atoms with Gasteiger partial charge in [-0.1, -0.05) is 29.3 Å². The van der Waals surface area contributed by atoms with Crippen LogP contribution >= 0.6 is 23.2 Å². The molecule has 1 aromatic rings. The zero-order valence-electron chi connectivity index (χ0n) is 8.30. The Bertz CT molecular complexity index is 337. The monoisotopic (exact) mass is 245 g/mol. The average Bonchev–Trinajstić information content (AvgIpc) is 2.26. The Morgan fingerprint density at radius 3 is 2.67 bits per heavy atom. The minimum absolute atomic E-state index is 0.252. The SMILES string of the molecule is Clc1cccc(OC2CCNCC2)c1Cl. The maximum absolute atomic E-state index is 6.04. The van der Waals surface area contributed by atoms with Crippen molar-refractivity contribution in [1.29, 1.82) is 0 Å². The first-order chi connectivity index (χ1) is 7.27. The number of hydrogen-bond donors (Lipinski definition) is 1. The Kier molecular flexibility index (Phi) is 3.73. The highest BCUT2D eigenvalue weighted by molar-refractivity contribution is 6.42. The molecule has 82 valence electrons. The minimum atomic E-state index is 0.252. The second-order valence-corrected chi connectivity index (χ2v) is 4.40. The Balaban J connectivity index is 2.06. The average molecular weight is 246 g/mol. The number of rotatable bonds is 2. The lowest BCUT2D eigenvalue weighted by atomic mass is 10.1. The fourth-order valence-corrected chi connectivity index (χ4v) is 2.00. The van der Waals surface area contributed by atoms with Crippen molar-refractivity contribution in [3.63, 3.8) is 0 Å². The smallest absolute Gasteiger partial charge is 0.139 e. The van der Waals surface area contributed by atoms with Crippen molar-refractivity contribution < 1.29 is 4.74 Å². The van der Waals surface area contributed by atoms with Gasteiger partial charge in [-0.3, -0.25) is 0 Å². The van der Waals surface area contributed by atoms with Crippen LogP contribution in [0.2, 0.25) is 10.0 Å². The predicted octanol–water partition coefficient (Wildman–Crippen LogP) is 3.12. The van der Waals surface area contributed by atoms with Crippen molar-refractivity contribution in [2.45, 2.75) is 18.9 Å². The zero-order valence-corrected chi connectivity index (χ0v) is 9.81. The molecular weight excluding hydrogens is 233 g/mol. The fraction of sp³-hybridized carbons (Fsp3) is 0.455. The van der Waals surface area contributed by atoms with Crippen LogP contribution in [-0.4, -0.2) is 19.2 Å². The number of nitrogens with one attached hydrogen (secondary N) is 1. The Morgan fingerprint density at radius 1 is 1.20 bits per heavy atom. The van der Waals surface area contributed by atoms with E-state index in [4.69, 9.17) is 27.9 Å². The molecule has 2 rings (SSSR count). The van der Waals surface area contributed by atoms with Crippen molar-refractivity contribution >= 4 is 23.2 Å². The lowest BCUT2D eigenvalue weighted by molar-refractivity contribution is 0.162. The maximum atomic E-state index is 6.04. The molecule has 1 aliphatic rings. The van der Waals surface area contributed by atoms with Gasteiger partial charge >= 0.3 is 0 Å². The summed E-state index contributed by atoms with van der Waals surface area (Å²) in [5, 5.41) is 4.34. The fourth-order valence-electron chi connectivity index (χ4n) is 1.67. The molecule has 2 nitrogen and oxygen atoms in total. The molecule has 1 fully saturated rings. The van der Waals surface area contributed by atoms with Crippen LogP contribution in [0, 0.1) is 0 Å². The molecule has 1 heterocycles. The zero-order chi connectivity index (χ0) is 10.7. The highest BCUT2D eigenvalue weighted by Crippen LogP contribution is 2.32. The van der Waals surface area contributed by atoms with E-state index in [1.54, 1.807) is 6.07 Å². The van der Waals surface area contributed by atoms with Gasteiger partial charge in [-0.2, -0.15) is 0 Å². The van der Waals surface area contributed by atoms with Gasteiger partial charge < -0.3 is 10.1 Å². The van der Waals surface area contributed by atoms with Gasteiger partial charge in [-0.05, 0) is 38.1 Å². The van der Waals surface area contributed by atoms with Crippen molar-refractivity contribution in [3.8, 4) is 5.75 Å². The van der Waals surface area contributed by atoms with Crippen LogP contribution in [0.4, 0.5) is 0 Å². The number of halogens is 2. The van der Waals surface area contributed by atoms with E-state index in [-0.39, 0.29) is 6.10 Å². The molecule has 1 saturated heterocycles. The first kappa shape index (κ1) is 11.1. The summed E-state index contributed by atoms with van der Waals surface area (Å²) in [6.07, 6.45) is 2.29. The topological polar surface area (TPSA) is 21.3 Å². The van der Waals surface area contributed by atoms with Crippen molar-refractivity contribution in [3.05, 3.63) is 28.2 Å². The third-order valence-corrected chi connectivity index (χ3v) is 3.30. The van der Waals surface area contributed by atoms with E-state index in [0.29, 0.717) is 15.8 Å². The summed E-state index contributed by atoms with van der Waals surface area (Å²) in [4.78, 5) is 0. The first-order valence-electron chi connectivity index (χ1n) is 5.09. The summed E-state index contributed by atoms with van der Waals surface area (Å²) >= 11 is 11.9. The molecule has 4 heteroatoms. The van der Waals surface area contributed by atoms with Crippen LogP contribution in [-0.2, 0) is 0 Å². The van der Waals surface area contributed by atoms with Gasteiger partial charge in [0.2, 0.25) is 0 Å². The van der Waals surface area contributed by atoms with Gasteiger partial charge in [-0.25, -0.2) is 0 Å². The number of piperidine rings is 1. The molecule has 0 amide bonds. The third-order valence-electron chi connectivity index (χ3n) is 2.50. The number of hydrogen-bond acceptors (Lipinski definition) is 2. The van der Waals surface area contributed by atoms with E-state index in [9.17, 15) is 0 Å². The first-order valence-corrected chi connectivity index (χ1v) is 5.84. The normalized spacial score (nSPS) is 17.7. The van der Waals surface area contributed by atoms with E-state index in [1.807, 2.05) is 12.1 Å². The predicted molar refractivity (Wildman–Crippen MR) is 63.0 cm³/mol. The summed E-state index contributed by atoms with van der Waals surface area (Å²) in [6.45, 7) is 2.01. The summed E-state index contributed by atoms with van der Waals surface area (Å²) in [5.74, 6) is 0.691. The van der Waals surface area contributed by atoms with Gasteiger partial charge in [0, 0.05) is 0 Å². The quantitative estimate of drug-likeness (QED) is 0.865. The minimum Gasteiger partial charge on any atom is -0.489 e. The molecule has 0 atom stereocenters. The molecule has 0 radical (unpaired) electrons. The van der Waals surface area contributed by atoms with E-state index in [0.717, 1.165) is 25.9 Å². The Hall–Kier alpha value is -0.440. The number of benzene rings is 1. The summed E-state index contributed by atoms with van der Waals surface area (Å²) < 4.78 is 5.81. The molecule has 1 aromatic carbocycles. The van der Waals surface area contributed by atoms with Crippen LogP contribution in [0.25, 0.3) is 0 Å². The second-order valence-electron chi connectivity index (χ2n) is 3.62. The molecule has 15 heavy (non-hydrogen) atoms. The van der Waals surface area contributed by atoms with E-state index in [2.05, 4.69) is 5.32 Å². The molecular formula is C11H13Cl2NO. The molecule has 0 spiro atoms. The number of ether oxygens (including phenoxy) is 1. The van der Waals surface area contributed by atoms with Crippen LogP contribution in [0.1, 0.15) is 12.8 Å². The molecule has 1 aliphatic heterocycles. The van der Waals surface area contributed by atoms with Gasteiger partial charge in [0.25, 0.3) is 0 Å². The van der Waals surface area contributed by atoms with Gasteiger partial charge in [-0.15, -0.1) is 0 Å². The van der Waals surface area contributed by atoms with Crippen LogP contribution in [0.15, 0.2) is 18.2 Å². The second kappa shape index (κ2) is 5.06. The summed E-state index contributed by atoms with van der Waals surface area (Å²) in [5.41, 5.74) is 0. The van der Waals surface area contributed by atoms with Gasteiger partial charge in [0.1, 0.15) is 16.9 Å². The Morgan fingerprint density at radius 2 is 1.93 bits per heavy atom. The Labute approximate surface area is 99.5 Å². The van der Waals surface area contributed by atoms with Gasteiger partial charge in [0.05, 0.1) is 5.02 Å². The van der Waals surface area contributed by atoms with E-state index >= 15 is 0 Å². The van der Waals surface area contributed by atoms with E-state index in [1.165, 1.54) is 0 Å². The lowest BCUT2D eigenvalue weighted by Crippen LogP contribution is -2.34. The highest BCUT2D eigenvalue weighted by Gasteiger charge is 2.16. The molecule has 0 aromatic heterocycles. The molecule has 0 unspecified atom stereocenters. The van der Waals surface area contributed by atoms with Crippen molar-refractivity contribution in [2.24, 2.45) is 0 Å². The van der Waals surface area contributed by atoms with Crippen molar-refractivity contribution in [2.75, 3.05) is 13.1 Å². The van der Waals surface area contributed by atoms with Crippen LogP contribution in [0.3, 0.4) is 0 Å². The van der Waals surface area contributed by atoms with E-state index < -0.39 is 0 Å². The highest BCUT2D eigenvalue weighted by atomic mass is 35.5. The molecule has 0 saturated carbocycles. The maximum Gasteiger partial charge on any atom is 0.139 e. The standard InChI is InChI=1S/C11H13Cl2NO/c12-9-2-1-3-10(11(9)13)15-8-4-6-14-7-5-8/h1-3,8,14H,4-7H2.